The molecule has 0 saturated heterocycles. The molecular weight excluding hydrogens is 250 g/mol. The fourth-order valence-electron chi connectivity index (χ4n) is 1.81. The van der Waals surface area contributed by atoms with E-state index in [4.69, 9.17) is 0 Å². The molecule has 4 nitrogen and oxygen atoms in total. The van der Waals surface area contributed by atoms with Crippen LogP contribution in [0.1, 0.15) is 28.9 Å². The van der Waals surface area contributed by atoms with Crippen molar-refractivity contribution in [2.24, 2.45) is 0 Å². The zero-order valence-electron chi connectivity index (χ0n) is 11.9. The highest BCUT2D eigenvalue weighted by atomic mass is 16.1. The van der Waals surface area contributed by atoms with Gasteiger partial charge in [0.25, 0.3) is 0 Å². The van der Waals surface area contributed by atoms with Crippen LogP contribution in [0.25, 0.3) is 0 Å². The minimum Gasteiger partial charge on any atom is -0.350 e. The van der Waals surface area contributed by atoms with E-state index in [9.17, 15) is 4.79 Å². The van der Waals surface area contributed by atoms with Crippen molar-refractivity contribution >= 4 is 5.91 Å². The first-order valence-electron chi connectivity index (χ1n) is 6.75. The Labute approximate surface area is 119 Å². The summed E-state index contributed by atoms with van der Waals surface area (Å²) in [7, 11) is 0. The van der Waals surface area contributed by atoms with E-state index in [1.165, 1.54) is 11.1 Å². The van der Waals surface area contributed by atoms with Crippen LogP contribution in [0, 0.1) is 13.8 Å². The molecule has 104 valence electrons. The highest BCUT2D eigenvalue weighted by molar-refractivity contribution is 5.76. The van der Waals surface area contributed by atoms with Crippen molar-refractivity contribution in [3.05, 3.63) is 58.9 Å². The second-order valence-electron chi connectivity index (χ2n) is 4.93. The van der Waals surface area contributed by atoms with Crippen molar-refractivity contribution in [3.63, 3.8) is 0 Å². The Kier molecular flexibility index (Phi) is 4.82. The fourth-order valence-corrected chi connectivity index (χ4v) is 1.81. The normalized spacial score (nSPS) is 10.3. The van der Waals surface area contributed by atoms with E-state index in [2.05, 4.69) is 46.7 Å². The number of aromatic nitrogens is 2. The van der Waals surface area contributed by atoms with Crippen molar-refractivity contribution in [2.75, 3.05) is 0 Å². The summed E-state index contributed by atoms with van der Waals surface area (Å²) in [5.41, 5.74) is 4.07. The van der Waals surface area contributed by atoms with Crippen LogP contribution in [0.5, 0.6) is 0 Å². The van der Waals surface area contributed by atoms with Gasteiger partial charge in [-0.15, -0.1) is 0 Å². The van der Waals surface area contributed by atoms with Crippen LogP contribution >= 0.6 is 0 Å². The molecule has 2 rings (SSSR count). The van der Waals surface area contributed by atoms with Crippen molar-refractivity contribution in [1.82, 2.24) is 15.5 Å². The van der Waals surface area contributed by atoms with Crippen LogP contribution in [0.15, 0.2) is 36.4 Å². The summed E-state index contributed by atoms with van der Waals surface area (Å²) in [6.45, 7) is 4.37. The van der Waals surface area contributed by atoms with Crippen LogP contribution < -0.4 is 5.32 Å². The van der Waals surface area contributed by atoms with Gasteiger partial charge in [-0.1, -0.05) is 29.8 Å². The van der Waals surface area contributed by atoms with E-state index >= 15 is 0 Å². The Morgan fingerprint density at radius 3 is 2.45 bits per heavy atom. The van der Waals surface area contributed by atoms with Gasteiger partial charge in [-0.2, -0.15) is 10.2 Å². The van der Waals surface area contributed by atoms with Crippen LogP contribution in [0.3, 0.4) is 0 Å². The molecule has 0 unspecified atom stereocenters. The fraction of sp³-hybridized carbons (Fsp3) is 0.312. The number of carbonyl (C=O) groups is 1. The molecule has 0 bridgehead atoms. The largest absolute Gasteiger partial charge is 0.350 e. The SMILES string of the molecule is Cc1ccc(CCC(=O)NCc2ccc(C)nn2)cc1. The molecule has 1 N–H and O–H groups in total. The maximum Gasteiger partial charge on any atom is 0.220 e. The quantitative estimate of drug-likeness (QED) is 0.906. The van der Waals surface area contributed by atoms with Crippen molar-refractivity contribution < 1.29 is 4.79 Å². The number of rotatable bonds is 5. The van der Waals surface area contributed by atoms with Crippen LogP contribution in [-0.4, -0.2) is 16.1 Å². The summed E-state index contributed by atoms with van der Waals surface area (Å²) < 4.78 is 0. The molecule has 0 aliphatic rings. The maximum absolute atomic E-state index is 11.8. The molecular formula is C16H19N3O. The molecule has 1 aromatic heterocycles. The van der Waals surface area contributed by atoms with E-state index in [0.29, 0.717) is 13.0 Å². The zero-order valence-corrected chi connectivity index (χ0v) is 11.9. The summed E-state index contributed by atoms with van der Waals surface area (Å²) in [4.78, 5) is 11.8. The van der Waals surface area contributed by atoms with Gasteiger partial charge >= 0.3 is 0 Å². The Balaban J connectivity index is 1.75. The molecule has 0 radical (unpaired) electrons. The molecule has 4 heteroatoms. The lowest BCUT2D eigenvalue weighted by Crippen LogP contribution is -2.23. The van der Waals surface area contributed by atoms with Crippen molar-refractivity contribution in [3.8, 4) is 0 Å². The van der Waals surface area contributed by atoms with E-state index in [1.54, 1.807) is 0 Å². The standard InChI is InChI=1S/C16H19N3O/c1-12-3-6-14(7-4-12)8-10-16(20)17-11-15-9-5-13(2)18-19-15/h3-7,9H,8,10-11H2,1-2H3,(H,17,20). The lowest BCUT2D eigenvalue weighted by molar-refractivity contribution is -0.121. The van der Waals surface area contributed by atoms with E-state index in [0.717, 1.165) is 17.8 Å². The van der Waals surface area contributed by atoms with Crippen molar-refractivity contribution in [2.45, 2.75) is 33.2 Å². The highest BCUT2D eigenvalue weighted by Gasteiger charge is 2.03. The average Bonchev–Trinajstić information content (AvgIpc) is 2.46. The van der Waals surface area contributed by atoms with Gasteiger partial charge in [0.05, 0.1) is 17.9 Å². The molecule has 1 amide bonds. The predicted octanol–water partition coefficient (Wildman–Crippen LogP) is 2.34. The molecule has 0 saturated carbocycles. The molecule has 20 heavy (non-hydrogen) atoms. The predicted molar refractivity (Wildman–Crippen MR) is 78.1 cm³/mol. The number of hydrogen-bond donors (Lipinski definition) is 1. The molecule has 1 heterocycles. The van der Waals surface area contributed by atoms with Crippen LogP contribution in [0.2, 0.25) is 0 Å². The first kappa shape index (κ1) is 14.2. The van der Waals surface area contributed by atoms with Gasteiger partial charge in [0.2, 0.25) is 5.91 Å². The number of nitrogens with one attached hydrogen (secondary N) is 1. The van der Waals surface area contributed by atoms with Gasteiger partial charge in [-0.05, 0) is 38.0 Å². The minimum absolute atomic E-state index is 0.0351. The Morgan fingerprint density at radius 2 is 1.80 bits per heavy atom. The molecule has 0 aliphatic heterocycles. The van der Waals surface area contributed by atoms with Gasteiger partial charge < -0.3 is 5.32 Å². The van der Waals surface area contributed by atoms with Gasteiger partial charge in [-0.25, -0.2) is 0 Å². The maximum atomic E-state index is 11.8. The van der Waals surface area contributed by atoms with Gasteiger partial charge in [-0.3, -0.25) is 4.79 Å². The van der Waals surface area contributed by atoms with Crippen LogP contribution in [-0.2, 0) is 17.8 Å². The molecule has 1 aromatic carbocycles. The molecule has 0 spiro atoms. The van der Waals surface area contributed by atoms with Gasteiger partial charge in [0.15, 0.2) is 0 Å². The summed E-state index contributed by atoms with van der Waals surface area (Å²) in [6.07, 6.45) is 1.24. The van der Waals surface area contributed by atoms with E-state index in [-0.39, 0.29) is 5.91 Å². The zero-order chi connectivity index (χ0) is 14.4. The number of nitrogens with zero attached hydrogens (tertiary/aromatic N) is 2. The summed E-state index contributed by atoms with van der Waals surface area (Å²) in [5, 5.41) is 10.8. The third-order valence-corrected chi connectivity index (χ3v) is 3.08. The Hall–Kier alpha value is -2.23. The second-order valence-corrected chi connectivity index (χ2v) is 4.93. The third kappa shape index (κ3) is 4.46. The number of carbonyl (C=O) groups excluding carboxylic acids is 1. The minimum atomic E-state index is 0.0351. The smallest absolute Gasteiger partial charge is 0.220 e. The van der Waals surface area contributed by atoms with Gasteiger partial charge in [0.1, 0.15) is 0 Å². The van der Waals surface area contributed by atoms with Crippen LogP contribution in [0.4, 0.5) is 0 Å². The Morgan fingerprint density at radius 1 is 1.05 bits per heavy atom. The number of hydrogen-bond acceptors (Lipinski definition) is 3. The highest BCUT2D eigenvalue weighted by Crippen LogP contribution is 2.05. The summed E-state index contributed by atoms with van der Waals surface area (Å²) >= 11 is 0. The molecule has 0 aliphatic carbocycles. The third-order valence-electron chi connectivity index (χ3n) is 3.08. The van der Waals surface area contributed by atoms with E-state index < -0.39 is 0 Å². The van der Waals surface area contributed by atoms with Crippen molar-refractivity contribution in [1.29, 1.82) is 0 Å². The first-order valence-corrected chi connectivity index (χ1v) is 6.75. The number of benzene rings is 1. The monoisotopic (exact) mass is 269 g/mol. The second kappa shape index (κ2) is 6.80. The topological polar surface area (TPSA) is 54.9 Å². The molecule has 0 atom stereocenters. The van der Waals surface area contributed by atoms with Gasteiger partial charge in [0, 0.05) is 6.42 Å². The lowest BCUT2D eigenvalue weighted by Gasteiger charge is -2.05. The number of amides is 1. The lowest BCUT2D eigenvalue weighted by atomic mass is 10.1. The molecule has 0 fully saturated rings. The Bertz CT molecular complexity index is 510. The first-order chi connectivity index (χ1) is 9.63. The summed E-state index contributed by atoms with van der Waals surface area (Å²) in [6, 6.07) is 12.0. The average molecular weight is 269 g/mol. The molecule has 2 aromatic rings. The van der Waals surface area contributed by atoms with E-state index in [1.807, 2.05) is 19.1 Å². The summed E-state index contributed by atoms with van der Waals surface area (Å²) in [5.74, 6) is 0.0351. The number of aryl methyl sites for hydroxylation is 3.